The molecule has 0 bridgehead atoms. The fraction of sp³-hybridized carbons (Fsp3) is 0.854. The predicted octanol–water partition coefficient (Wildman–Crippen LogP) is 9.90. The fourth-order valence-corrected chi connectivity index (χ4v) is 8.91. The first-order valence-electron chi connectivity index (χ1n) is 25.0. The number of hydrogen-bond acceptors (Lipinski definition) is 13. The molecule has 386 valence electrons. The third kappa shape index (κ3) is 35.3. The van der Waals surface area contributed by atoms with Gasteiger partial charge in [-0.3, -0.25) is 28.0 Å². The molecule has 6 N–H and O–H groups in total. The van der Waals surface area contributed by atoms with E-state index >= 15 is 0 Å². The van der Waals surface area contributed by atoms with Crippen LogP contribution in [0.1, 0.15) is 194 Å². The zero-order valence-corrected chi connectivity index (χ0v) is 42.2. The monoisotopic (exact) mass is 983 g/mol. The summed E-state index contributed by atoms with van der Waals surface area (Å²) in [7, 11) is -9.79. The Hall–Kier alpha value is -1.81. The van der Waals surface area contributed by atoms with Crippen molar-refractivity contribution in [1.82, 2.24) is 0 Å². The highest BCUT2D eigenvalue weighted by molar-refractivity contribution is 7.47. The van der Waals surface area contributed by atoms with E-state index in [1.165, 1.54) is 83.5 Å². The molecule has 0 radical (unpaired) electrons. The van der Waals surface area contributed by atoms with E-state index in [1.807, 2.05) is 12.2 Å². The Morgan fingerprint density at radius 1 is 0.682 bits per heavy atom. The second kappa shape index (κ2) is 38.0. The van der Waals surface area contributed by atoms with Gasteiger partial charge in [0.15, 0.2) is 6.10 Å². The summed E-state index contributed by atoms with van der Waals surface area (Å²) in [5.41, 5.74) is 0. The molecule has 66 heavy (non-hydrogen) atoms. The Labute approximate surface area is 395 Å². The maximum atomic E-state index is 12.8. The lowest BCUT2D eigenvalue weighted by Gasteiger charge is -2.20. The van der Waals surface area contributed by atoms with Gasteiger partial charge in [-0.15, -0.1) is 0 Å². The van der Waals surface area contributed by atoms with E-state index in [9.17, 15) is 43.7 Å². The highest BCUT2D eigenvalue weighted by Gasteiger charge is 2.39. The summed E-state index contributed by atoms with van der Waals surface area (Å²) in [5.74, 6) is -1.30. The molecule has 0 amide bonds. The topological polar surface area (TPSA) is 253 Å². The average Bonchev–Trinajstić information content (AvgIpc) is 3.53. The molecule has 7 atom stereocenters. The van der Waals surface area contributed by atoms with E-state index in [2.05, 4.69) is 29.8 Å². The van der Waals surface area contributed by atoms with Gasteiger partial charge >= 0.3 is 27.6 Å². The molecule has 1 unspecified atom stereocenters. The maximum Gasteiger partial charge on any atom is 0.472 e. The number of phosphoric acid groups is 2. The van der Waals surface area contributed by atoms with Gasteiger partial charge in [0, 0.05) is 31.1 Å². The molecule has 0 saturated heterocycles. The van der Waals surface area contributed by atoms with Gasteiger partial charge in [0.2, 0.25) is 0 Å². The molecule has 1 saturated carbocycles. The molecular formula is C48H88O16P2. The molecule has 1 aliphatic rings. The molecule has 18 heteroatoms. The SMILES string of the molecule is CCCCC[C@H](O)/C=C/[C@H]1C(=O)C[C@H](O)[C@@H]1C/C=C\CCCC(=O)O[C@H](COC(=O)CCCCCCCCCCCCCCCCCCC(C)C)COP(=O)(O)OC[C@@H](O)COP(=O)(O)O. The lowest BCUT2D eigenvalue weighted by atomic mass is 9.90. The van der Waals surface area contributed by atoms with Crippen molar-refractivity contribution in [2.45, 2.75) is 219 Å². The van der Waals surface area contributed by atoms with Crippen LogP contribution < -0.4 is 0 Å². The fourth-order valence-electron chi connectivity index (χ4n) is 7.75. The average molecular weight is 983 g/mol. The molecule has 0 heterocycles. The zero-order chi connectivity index (χ0) is 49.1. The van der Waals surface area contributed by atoms with Crippen LogP contribution in [0.3, 0.4) is 0 Å². The summed E-state index contributed by atoms with van der Waals surface area (Å²) in [4.78, 5) is 65.6. The van der Waals surface area contributed by atoms with Crippen LogP contribution in [0.5, 0.6) is 0 Å². The van der Waals surface area contributed by atoms with Crippen molar-refractivity contribution in [2.24, 2.45) is 17.8 Å². The van der Waals surface area contributed by atoms with Gasteiger partial charge in [-0.2, -0.15) is 0 Å². The minimum absolute atomic E-state index is 0.0545. The molecule has 0 aromatic heterocycles. The molecule has 0 spiro atoms. The number of carbonyl (C=O) groups is 3. The van der Waals surface area contributed by atoms with Crippen molar-refractivity contribution in [1.29, 1.82) is 0 Å². The Morgan fingerprint density at radius 3 is 1.79 bits per heavy atom. The molecule has 16 nitrogen and oxygen atoms in total. The van der Waals surface area contributed by atoms with Crippen molar-refractivity contribution >= 4 is 33.4 Å². The first kappa shape index (κ1) is 62.2. The number of allylic oxidation sites excluding steroid dienone is 3. The lowest BCUT2D eigenvalue weighted by Crippen LogP contribution is -2.29. The van der Waals surface area contributed by atoms with Crippen LogP contribution in [-0.4, -0.2) is 98.6 Å². The van der Waals surface area contributed by atoms with Crippen LogP contribution in [0.25, 0.3) is 0 Å². The van der Waals surface area contributed by atoms with Gasteiger partial charge in [0.1, 0.15) is 18.5 Å². The van der Waals surface area contributed by atoms with Crippen LogP contribution in [0, 0.1) is 17.8 Å². The van der Waals surface area contributed by atoms with Gasteiger partial charge < -0.3 is 39.5 Å². The summed E-state index contributed by atoms with van der Waals surface area (Å²) in [5, 5.41) is 30.6. The number of rotatable bonds is 43. The largest absolute Gasteiger partial charge is 0.472 e. The number of ether oxygens (including phenoxy) is 2. The number of aliphatic hydroxyl groups is 3. The number of Topliss-reactive ketones (excluding diaryl/α,β-unsaturated/α-hetero) is 1. The van der Waals surface area contributed by atoms with E-state index in [0.717, 1.165) is 44.4 Å². The number of unbranched alkanes of at least 4 members (excludes halogenated alkanes) is 18. The minimum Gasteiger partial charge on any atom is -0.462 e. The Balaban J connectivity index is 2.49. The predicted molar refractivity (Wildman–Crippen MR) is 254 cm³/mol. The minimum atomic E-state index is -4.90. The van der Waals surface area contributed by atoms with Crippen molar-refractivity contribution in [3.05, 3.63) is 24.3 Å². The van der Waals surface area contributed by atoms with Crippen LogP contribution >= 0.6 is 15.6 Å². The Bertz CT molecular complexity index is 1430. The second-order valence-corrected chi connectivity index (χ2v) is 21.1. The third-order valence-electron chi connectivity index (χ3n) is 11.6. The molecule has 1 rings (SSSR count). The summed E-state index contributed by atoms with van der Waals surface area (Å²) in [6.45, 7) is 3.72. The van der Waals surface area contributed by atoms with Crippen LogP contribution in [0.15, 0.2) is 24.3 Å². The standard InChI is InChI=1S/C48H88O16P2/c1-4-5-22-28-40(49)32-33-44-43(45(51)34-46(44)52)29-24-20-21-26-31-48(54)64-42(38-63-66(58,59)62-36-41(50)35-61-65(55,56)57)37-60-47(53)30-25-19-17-15-13-11-9-7-6-8-10-12-14-16-18-23-27-39(2)3/h20,24,32-33,39-45,49-51H,4-19,21-23,25-31,34-38H2,1-3H3,(H,58,59)(H2,55,56,57)/b24-20-,33-32+/t40-,41-,42+,43+,44+,45-/m0/s1. The Morgan fingerprint density at radius 2 is 1.21 bits per heavy atom. The van der Waals surface area contributed by atoms with E-state index in [1.54, 1.807) is 12.2 Å². The van der Waals surface area contributed by atoms with E-state index in [-0.39, 0.29) is 31.0 Å². The molecular weight excluding hydrogens is 894 g/mol. The normalized spacial score (nSPS) is 19.2. The first-order valence-corrected chi connectivity index (χ1v) is 28.0. The molecule has 0 aromatic carbocycles. The van der Waals surface area contributed by atoms with E-state index in [4.69, 9.17) is 23.8 Å². The highest BCUT2D eigenvalue weighted by Crippen LogP contribution is 2.44. The quantitative estimate of drug-likeness (QED) is 0.0144. The van der Waals surface area contributed by atoms with Crippen molar-refractivity contribution in [3.8, 4) is 0 Å². The number of ketones is 1. The number of hydrogen-bond donors (Lipinski definition) is 6. The lowest BCUT2D eigenvalue weighted by molar-refractivity contribution is -0.161. The Kier molecular flexibility index (Phi) is 35.8. The number of aliphatic hydroxyl groups excluding tert-OH is 3. The molecule has 1 fully saturated rings. The smallest absolute Gasteiger partial charge is 0.462 e. The van der Waals surface area contributed by atoms with Gasteiger partial charge in [-0.05, 0) is 38.0 Å². The summed E-state index contributed by atoms with van der Waals surface area (Å²) < 4.78 is 47.9. The number of esters is 2. The maximum absolute atomic E-state index is 12.8. The molecule has 0 aliphatic heterocycles. The number of phosphoric ester groups is 2. The summed E-state index contributed by atoms with van der Waals surface area (Å²) >= 11 is 0. The van der Waals surface area contributed by atoms with Gasteiger partial charge in [0.05, 0.1) is 32.0 Å². The van der Waals surface area contributed by atoms with Crippen molar-refractivity contribution in [3.63, 3.8) is 0 Å². The van der Waals surface area contributed by atoms with Crippen LogP contribution in [-0.2, 0) is 46.6 Å². The summed E-state index contributed by atoms with van der Waals surface area (Å²) in [6, 6.07) is 0. The third-order valence-corrected chi connectivity index (χ3v) is 13.1. The van der Waals surface area contributed by atoms with Crippen LogP contribution in [0.2, 0.25) is 0 Å². The van der Waals surface area contributed by atoms with Gasteiger partial charge in [-0.1, -0.05) is 167 Å². The second-order valence-electron chi connectivity index (χ2n) is 18.4. The van der Waals surface area contributed by atoms with Crippen LogP contribution in [0.4, 0.5) is 0 Å². The van der Waals surface area contributed by atoms with Crippen molar-refractivity contribution < 1.29 is 76.6 Å². The zero-order valence-electron chi connectivity index (χ0n) is 40.4. The molecule has 0 aromatic rings. The number of carbonyl (C=O) groups excluding carboxylic acids is 3. The van der Waals surface area contributed by atoms with Gasteiger partial charge in [0.25, 0.3) is 0 Å². The highest BCUT2D eigenvalue weighted by atomic mass is 31.2. The van der Waals surface area contributed by atoms with Crippen molar-refractivity contribution in [2.75, 3.05) is 26.4 Å². The molecule has 1 aliphatic carbocycles. The summed E-state index contributed by atoms with van der Waals surface area (Å²) in [6.07, 6.45) is 28.2. The van der Waals surface area contributed by atoms with Gasteiger partial charge in [-0.25, -0.2) is 9.13 Å². The van der Waals surface area contributed by atoms with E-state index in [0.29, 0.717) is 32.1 Å². The van der Waals surface area contributed by atoms with E-state index < -0.39 is 84.3 Å². The first-order chi connectivity index (χ1) is 31.4.